The number of carbonyl (C=O) groups excluding carboxylic acids is 1. The Morgan fingerprint density at radius 1 is 1.40 bits per heavy atom. The molecule has 1 rings (SSSR count). The van der Waals surface area contributed by atoms with Crippen molar-refractivity contribution in [2.75, 3.05) is 14.2 Å². The van der Waals surface area contributed by atoms with Crippen molar-refractivity contribution in [2.24, 2.45) is 0 Å². The topological polar surface area (TPSA) is 35.5 Å². The van der Waals surface area contributed by atoms with E-state index in [1.54, 1.807) is 18.2 Å². The lowest BCUT2D eigenvalue weighted by molar-refractivity contribution is 0.0994. The number of benzene rings is 1. The summed E-state index contributed by atoms with van der Waals surface area (Å²) in [5, 5.41) is 0. The van der Waals surface area contributed by atoms with Gasteiger partial charge in [0.15, 0.2) is 17.3 Å². The van der Waals surface area contributed by atoms with E-state index in [0.717, 1.165) is 0 Å². The number of hydrogen-bond donors (Lipinski definition) is 0. The number of Topliss-reactive ketones (excluding diaryl/α,β-unsaturated/α-hetero) is 1. The van der Waals surface area contributed by atoms with Crippen LogP contribution in [0.3, 0.4) is 0 Å². The van der Waals surface area contributed by atoms with Gasteiger partial charge in [0.05, 0.1) is 26.2 Å². The van der Waals surface area contributed by atoms with Gasteiger partial charge in [-0.05, 0) is 12.1 Å². The highest BCUT2D eigenvalue weighted by atomic mass is 16.5. The molecule has 0 aliphatic rings. The third kappa shape index (κ3) is 2.29. The van der Waals surface area contributed by atoms with Crippen molar-refractivity contribution in [1.29, 1.82) is 0 Å². The third-order valence-corrected chi connectivity index (χ3v) is 1.97. The highest BCUT2D eigenvalue weighted by Crippen LogP contribution is 2.31. The van der Waals surface area contributed by atoms with Crippen molar-refractivity contribution >= 4 is 5.78 Å². The molecule has 0 aliphatic carbocycles. The summed E-state index contributed by atoms with van der Waals surface area (Å²) in [6.45, 7) is 0. The molecule has 15 heavy (non-hydrogen) atoms. The first-order chi connectivity index (χ1) is 7.24. The van der Waals surface area contributed by atoms with Crippen molar-refractivity contribution in [1.82, 2.24) is 0 Å². The minimum atomic E-state index is -0.145. The van der Waals surface area contributed by atoms with Crippen LogP contribution >= 0.6 is 0 Å². The number of terminal acetylenes is 1. The number of para-hydroxylation sites is 1. The van der Waals surface area contributed by atoms with Crippen LogP contribution in [0.5, 0.6) is 11.5 Å². The van der Waals surface area contributed by atoms with E-state index >= 15 is 0 Å². The van der Waals surface area contributed by atoms with Crippen LogP contribution < -0.4 is 9.47 Å². The van der Waals surface area contributed by atoms with Gasteiger partial charge < -0.3 is 9.47 Å². The summed E-state index contributed by atoms with van der Waals surface area (Å²) in [6, 6.07) is 5.12. The zero-order valence-electron chi connectivity index (χ0n) is 8.74. The minimum absolute atomic E-state index is 0.0591. The fraction of sp³-hybridized carbons (Fsp3) is 0.250. The molecule has 0 N–H and O–H groups in total. The van der Waals surface area contributed by atoms with Crippen molar-refractivity contribution in [3.8, 4) is 23.8 Å². The second kappa shape index (κ2) is 5.06. The maximum atomic E-state index is 11.6. The monoisotopic (exact) mass is 204 g/mol. The zero-order valence-corrected chi connectivity index (χ0v) is 8.74. The van der Waals surface area contributed by atoms with Gasteiger partial charge in [0.1, 0.15) is 0 Å². The van der Waals surface area contributed by atoms with Crippen LogP contribution in [0.25, 0.3) is 0 Å². The maximum absolute atomic E-state index is 11.6. The normalized spacial score (nSPS) is 9.13. The SMILES string of the molecule is C#CCC(=O)c1cccc(OC)c1OC. The summed E-state index contributed by atoms with van der Waals surface area (Å²) in [5.74, 6) is 3.12. The summed E-state index contributed by atoms with van der Waals surface area (Å²) in [6.07, 6.45) is 5.15. The summed E-state index contributed by atoms with van der Waals surface area (Å²) in [5.41, 5.74) is 0.454. The summed E-state index contributed by atoms with van der Waals surface area (Å²) in [7, 11) is 3.01. The number of rotatable bonds is 4. The average molecular weight is 204 g/mol. The molecule has 0 atom stereocenters. The molecule has 1 aromatic carbocycles. The Morgan fingerprint density at radius 3 is 2.67 bits per heavy atom. The molecule has 0 radical (unpaired) electrons. The van der Waals surface area contributed by atoms with Gasteiger partial charge in [-0.15, -0.1) is 6.42 Å². The predicted molar refractivity (Wildman–Crippen MR) is 57.3 cm³/mol. The van der Waals surface area contributed by atoms with Crippen LogP contribution in [0.1, 0.15) is 16.8 Å². The summed E-state index contributed by atoms with van der Waals surface area (Å²) < 4.78 is 10.2. The van der Waals surface area contributed by atoms with Gasteiger partial charge in [-0.2, -0.15) is 0 Å². The Morgan fingerprint density at radius 2 is 2.13 bits per heavy atom. The van der Waals surface area contributed by atoms with E-state index < -0.39 is 0 Å². The molecular weight excluding hydrogens is 192 g/mol. The fourth-order valence-corrected chi connectivity index (χ4v) is 1.29. The molecule has 0 saturated heterocycles. The zero-order chi connectivity index (χ0) is 11.3. The highest BCUT2D eigenvalue weighted by molar-refractivity contribution is 6.00. The van der Waals surface area contributed by atoms with E-state index in [4.69, 9.17) is 15.9 Å². The molecule has 0 aliphatic heterocycles. The van der Waals surface area contributed by atoms with Crippen LogP contribution in [-0.2, 0) is 0 Å². The van der Waals surface area contributed by atoms with E-state index in [0.29, 0.717) is 17.1 Å². The van der Waals surface area contributed by atoms with Crippen LogP contribution in [-0.4, -0.2) is 20.0 Å². The molecule has 0 fully saturated rings. The lowest BCUT2D eigenvalue weighted by atomic mass is 10.1. The van der Waals surface area contributed by atoms with Crippen molar-refractivity contribution in [3.63, 3.8) is 0 Å². The number of hydrogen-bond acceptors (Lipinski definition) is 3. The molecule has 3 nitrogen and oxygen atoms in total. The van der Waals surface area contributed by atoms with E-state index in [1.165, 1.54) is 14.2 Å². The Labute approximate surface area is 89.0 Å². The van der Waals surface area contributed by atoms with E-state index in [2.05, 4.69) is 5.92 Å². The van der Waals surface area contributed by atoms with E-state index in [9.17, 15) is 4.79 Å². The van der Waals surface area contributed by atoms with Crippen molar-refractivity contribution < 1.29 is 14.3 Å². The summed E-state index contributed by atoms with van der Waals surface area (Å²) >= 11 is 0. The summed E-state index contributed by atoms with van der Waals surface area (Å²) in [4.78, 5) is 11.6. The van der Waals surface area contributed by atoms with E-state index in [-0.39, 0.29) is 12.2 Å². The average Bonchev–Trinajstić information content (AvgIpc) is 2.28. The largest absolute Gasteiger partial charge is 0.493 e. The minimum Gasteiger partial charge on any atom is -0.493 e. The molecule has 0 unspecified atom stereocenters. The molecule has 0 saturated carbocycles. The van der Waals surface area contributed by atoms with Gasteiger partial charge in [0.25, 0.3) is 0 Å². The molecule has 0 aromatic heterocycles. The number of methoxy groups -OCH3 is 2. The number of ether oxygens (including phenoxy) is 2. The van der Waals surface area contributed by atoms with Gasteiger partial charge in [0.2, 0.25) is 0 Å². The Bertz CT molecular complexity index is 402. The molecule has 0 heterocycles. The van der Waals surface area contributed by atoms with Gasteiger partial charge in [-0.1, -0.05) is 12.0 Å². The number of carbonyl (C=O) groups is 1. The lowest BCUT2D eigenvalue weighted by Crippen LogP contribution is -2.02. The van der Waals surface area contributed by atoms with Crippen LogP contribution in [0.2, 0.25) is 0 Å². The second-order valence-electron chi connectivity index (χ2n) is 2.85. The maximum Gasteiger partial charge on any atom is 0.178 e. The molecule has 0 spiro atoms. The first kappa shape index (κ1) is 11.1. The smallest absolute Gasteiger partial charge is 0.178 e. The van der Waals surface area contributed by atoms with Crippen molar-refractivity contribution in [2.45, 2.75) is 6.42 Å². The molecule has 0 bridgehead atoms. The standard InChI is InChI=1S/C12H12O3/c1-4-6-10(13)9-7-5-8-11(14-2)12(9)15-3/h1,5,7-8H,6H2,2-3H3. The van der Waals surface area contributed by atoms with Gasteiger partial charge in [-0.25, -0.2) is 0 Å². The number of ketones is 1. The first-order valence-corrected chi connectivity index (χ1v) is 4.42. The highest BCUT2D eigenvalue weighted by Gasteiger charge is 2.14. The predicted octanol–water partition coefficient (Wildman–Crippen LogP) is 1.91. The van der Waals surface area contributed by atoms with Crippen molar-refractivity contribution in [3.05, 3.63) is 23.8 Å². The molecule has 78 valence electrons. The molecular formula is C12H12O3. The quantitative estimate of drug-likeness (QED) is 0.555. The van der Waals surface area contributed by atoms with Crippen LogP contribution in [0.4, 0.5) is 0 Å². The Kier molecular flexibility index (Phi) is 3.75. The van der Waals surface area contributed by atoms with Gasteiger partial charge >= 0.3 is 0 Å². The fourth-order valence-electron chi connectivity index (χ4n) is 1.29. The third-order valence-electron chi connectivity index (χ3n) is 1.97. The molecule has 1 aromatic rings. The molecule has 3 heteroatoms. The Balaban J connectivity index is 3.18. The Hall–Kier alpha value is -1.95. The first-order valence-electron chi connectivity index (χ1n) is 4.42. The second-order valence-corrected chi connectivity index (χ2v) is 2.85. The van der Waals surface area contributed by atoms with Gasteiger partial charge in [0, 0.05) is 0 Å². The van der Waals surface area contributed by atoms with Crippen LogP contribution in [0.15, 0.2) is 18.2 Å². The van der Waals surface area contributed by atoms with E-state index in [1.807, 2.05) is 0 Å². The molecule has 0 amide bonds. The lowest BCUT2D eigenvalue weighted by Gasteiger charge is -2.10. The van der Waals surface area contributed by atoms with Gasteiger partial charge in [-0.3, -0.25) is 4.79 Å². The van der Waals surface area contributed by atoms with Crippen LogP contribution in [0, 0.1) is 12.3 Å².